The van der Waals surface area contributed by atoms with Crippen LogP contribution in [0.2, 0.25) is 0 Å². The smallest absolute Gasteiger partial charge is 0.306 e. The van der Waals surface area contributed by atoms with Gasteiger partial charge in [0.25, 0.3) is 5.69 Å². The second-order valence-electron chi connectivity index (χ2n) is 4.97. The molecule has 2 rings (SSSR count). The Bertz CT molecular complexity index is 515. The molecule has 0 bridgehead atoms. The first-order chi connectivity index (χ1) is 8.97. The van der Waals surface area contributed by atoms with Crippen molar-refractivity contribution < 1.29 is 14.8 Å². The van der Waals surface area contributed by atoms with Crippen molar-refractivity contribution in [2.24, 2.45) is 5.92 Å². The van der Waals surface area contributed by atoms with Gasteiger partial charge in [-0.2, -0.15) is 0 Å². The summed E-state index contributed by atoms with van der Waals surface area (Å²) in [7, 11) is 0. The zero-order valence-electron chi connectivity index (χ0n) is 10.6. The Morgan fingerprint density at radius 3 is 2.79 bits per heavy atom. The molecule has 0 aromatic heterocycles. The Balaban J connectivity index is 2.12. The van der Waals surface area contributed by atoms with E-state index in [1.165, 1.54) is 6.07 Å². The first-order valence-corrected chi connectivity index (χ1v) is 6.21. The fraction of sp³-hybridized carbons (Fsp3) is 0.462. The topological polar surface area (TPSA) is 92.5 Å². The van der Waals surface area contributed by atoms with Crippen LogP contribution in [0.3, 0.4) is 0 Å². The van der Waals surface area contributed by atoms with Crippen molar-refractivity contribution in [1.29, 1.82) is 0 Å². The van der Waals surface area contributed by atoms with Crippen molar-refractivity contribution in [3.05, 3.63) is 33.9 Å². The Morgan fingerprint density at radius 1 is 1.47 bits per heavy atom. The lowest BCUT2D eigenvalue weighted by Crippen LogP contribution is -2.18. The van der Waals surface area contributed by atoms with Crippen LogP contribution in [-0.2, 0) is 4.79 Å². The summed E-state index contributed by atoms with van der Waals surface area (Å²) in [6.07, 6.45) is 1.86. The van der Waals surface area contributed by atoms with Crippen LogP contribution in [0, 0.1) is 23.0 Å². The molecule has 0 saturated heterocycles. The summed E-state index contributed by atoms with van der Waals surface area (Å²) in [5, 5.41) is 23.0. The van der Waals surface area contributed by atoms with Gasteiger partial charge in [0, 0.05) is 12.1 Å². The van der Waals surface area contributed by atoms with E-state index in [1.54, 1.807) is 19.1 Å². The molecule has 0 radical (unpaired) electrons. The third kappa shape index (κ3) is 3.01. The molecule has 1 aromatic rings. The number of anilines is 1. The molecule has 19 heavy (non-hydrogen) atoms. The van der Waals surface area contributed by atoms with Gasteiger partial charge in [-0.3, -0.25) is 14.9 Å². The lowest BCUT2D eigenvalue weighted by Gasteiger charge is -2.14. The van der Waals surface area contributed by atoms with Gasteiger partial charge < -0.3 is 10.4 Å². The molecule has 0 spiro atoms. The summed E-state index contributed by atoms with van der Waals surface area (Å²) in [5.41, 5.74) is 1.33. The van der Waals surface area contributed by atoms with Gasteiger partial charge in [-0.05, 0) is 37.8 Å². The highest BCUT2D eigenvalue weighted by Gasteiger charge is 2.30. The summed E-state index contributed by atoms with van der Waals surface area (Å²) >= 11 is 0. The molecule has 0 heterocycles. The van der Waals surface area contributed by atoms with E-state index in [-0.39, 0.29) is 17.6 Å². The van der Waals surface area contributed by atoms with Crippen molar-refractivity contribution in [3.63, 3.8) is 0 Å². The van der Waals surface area contributed by atoms with E-state index in [4.69, 9.17) is 5.11 Å². The number of nitro groups is 1. The molecular weight excluding hydrogens is 248 g/mol. The number of rotatable bonds is 4. The van der Waals surface area contributed by atoms with Gasteiger partial charge in [0.1, 0.15) is 5.69 Å². The summed E-state index contributed by atoms with van der Waals surface area (Å²) in [5.74, 6) is -1.13. The molecule has 0 amide bonds. The van der Waals surface area contributed by atoms with Gasteiger partial charge in [-0.25, -0.2) is 0 Å². The molecule has 1 fully saturated rings. The number of carboxylic acid groups (broad SMARTS) is 1. The van der Waals surface area contributed by atoms with Crippen LogP contribution in [0.1, 0.15) is 24.8 Å². The number of hydrogen-bond donors (Lipinski definition) is 2. The van der Waals surface area contributed by atoms with Gasteiger partial charge in [0.2, 0.25) is 0 Å². The largest absolute Gasteiger partial charge is 0.481 e. The molecule has 2 unspecified atom stereocenters. The number of benzene rings is 1. The third-order valence-electron chi connectivity index (χ3n) is 3.49. The Kier molecular flexibility index (Phi) is 3.69. The zero-order chi connectivity index (χ0) is 14.0. The summed E-state index contributed by atoms with van der Waals surface area (Å²) < 4.78 is 0. The van der Waals surface area contributed by atoms with Gasteiger partial charge >= 0.3 is 5.97 Å². The highest BCUT2D eigenvalue weighted by Crippen LogP contribution is 2.32. The van der Waals surface area contributed by atoms with Crippen LogP contribution < -0.4 is 5.32 Å². The SMILES string of the molecule is Cc1ccc(NC2CCC(C(=O)O)C2)c([N+](=O)[O-])c1. The van der Waals surface area contributed by atoms with Crippen LogP contribution in [-0.4, -0.2) is 22.0 Å². The zero-order valence-corrected chi connectivity index (χ0v) is 10.6. The molecule has 1 saturated carbocycles. The van der Waals surface area contributed by atoms with Gasteiger partial charge in [-0.1, -0.05) is 6.07 Å². The molecule has 102 valence electrons. The van der Waals surface area contributed by atoms with Crippen molar-refractivity contribution in [1.82, 2.24) is 0 Å². The van der Waals surface area contributed by atoms with E-state index >= 15 is 0 Å². The number of hydrogen-bond acceptors (Lipinski definition) is 4. The van der Waals surface area contributed by atoms with Gasteiger partial charge in [0.15, 0.2) is 0 Å². The summed E-state index contributed by atoms with van der Waals surface area (Å²) in [6.45, 7) is 1.80. The Morgan fingerprint density at radius 2 is 2.21 bits per heavy atom. The Labute approximate surface area is 110 Å². The number of aliphatic carboxylic acids is 1. The van der Waals surface area contributed by atoms with Gasteiger partial charge in [0.05, 0.1) is 10.8 Å². The summed E-state index contributed by atoms with van der Waals surface area (Å²) in [6, 6.07) is 4.99. The maximum absolute atomic E-state index is 11.0. The molecular formula is C13H16N2O4. The monoisotopic (exact) mass is 264 g/mol. The second-order valence-corrected chi connectivity index (χ2v) is 4.97. The molecule has 2 N–H and O–H groups in total. The van der Waals surface area contributed by atoms with E-state index in [0.29, 0.717) is 18.5 Å². The fourth-order valence-electron chi connectivity index (χ4n) is 2.47. The maximum atomic E-state index is 11.0. The van der Waals surface area contributed by atoms with E-state index < -0.39 is 10.9 Å². The average Bonchev–Trinajstić information content (AvgIpc) is 2.80. The highest BCUT2D eigenvalue weighted by molar-refractivity contribution is 5.71. The van der Waals surface area contributed by atoms with Gasteiger partial charge in [-0.15, -0.1) is 0 Å². The molecule has 0 aliphatic heterocycles. The first kappa shape index (κ1) is 13.3. The third-order valence-corrected chi connectivity index (χ3v) is 3.49. The molecule has 2 atom stereocenters. The fourth-order valence-corrected chi connectivity index (χ4v) is 2.47. The number of carboxylic acids is 1. The minimum atomic E-state index is -0.789. The lowest BCUT2D eigenvalue weighted by molar-refractivity contribution is -0.384. The minimum Gasteiger partial charge on any atom is -0.481 e. The van der Waals surface area contributed by atoms with Crippen molar-refractivity contribution >= 4 is 17.3 Å². The van der Waals surface area contributed by atoms with Crippen LogP contribution in [0.15, 0.2) is 18.2 Å². The van der Waals surface area contributed by atoms with E-state index in [1.807, 2.05) is 0 Å². The predicted octanol–water partition coefficient (Wildman–Crippen LogP) is 2.57. The van der Waals surface area contributed by atoms with Crippen LogP contribution in [0.4, 0.5) is 11.4 Å². The van der Waals surface area contributed by atoms with E-state index in [9.17, 15) is 14.9 Å². The molecule has 1 aliphatic rings. The number of aryl methyl sites for hydroxylation is 1. The standard InChI is InChI=1S/C13H16N2O4/c1-8-2-5-11(12(6-8)15(18)19)14-10-4-3-9(7-10)13(16)17/h2,5-6,9-10,14H,3-4,7H2,1H3,(H,16,17). The van der Waals surface area contributed by atoms with Crippen molar-refractivity contribution in [2.45, 2.75) is 32.2 Å². The van der Waals surface area contributed by atoms with Crippen LogP contribution in [0.25, 0.3) is 0 Å². The second kappa shape index (κ2) is 5.26. The van der Waals surface area contributed by atoms with Crippen LogP contribution in [0.5, 0.6) is 0 Å². The van der Waals surface area contributed by atoms with Crippen molar-refractivity contribution in [2.75, 3.05) is 5.32 Å². The normalized spacial score (nSPS) is 22.2. The number of nitro benzene ring substituents is 1. The quantitative estimate of drug-likeness (QED) is 0.644. The van der Waals surface area contributed by atoms with E-state index in [0.717, 1.165) is 12.0 Å². The predicted molar refractivity (Wildman–Crippen MR) is 70.2 cm³/mol. The van der Waals surface area contributed by atoms with Crippen molar-refractivity contribution in [3.8, 4) is 0 Å². The first-order valence-electron chi connectivity index (χ1n) is 6.21. The molecule has 6 heteroatoms. The van der Waals surface area contributed by atoms with Crippen LogP contribution >= 0.6 is 0 Å². The number of nitrogens with one attached hydrogen (secondary N) is 1. The minimum absolute atomic E-state index is 0.0116. The Hall–Kier alpha value is -2.11. The van der Waals surface area contributed by atoms with E-state index in [2.05, 4.69) is 5.32 Å². The maximum Gasteiger partial charge on any atom is 0.306 e. The number of nitrogens with zero attached hydrogens (tertiary/aromatic N) is 1. The summed E-state index contributed by atoms with van der Waals surface area (Å²) in [4.78, 5) is 21.5. The molecule has 6 nitrogen and oxygen atoms in total. The lowest BCUT2D eigenvalue weighted by atomic mass is 10.1. The number of carbonyl (C=O) groups is 1. The molecule has 1 aromatic carbocycles. The highest BCUT2D eigenvalue weighted by atomic mass is 16.6. The average molecular weight is 264 g/mol. The molecule has 1 aliphatic carbocycles.